The number of nitrogens with one attached hydrogen (secondary N) is 1. The minimum absolute atomic E-state index is 0.111. The van der Waals surface area contributed by atoms with Crippen molar-refractivity contribution in [2.24, 2.45) is 0 Å². The van der Waals surface area contributed by atoms with E-state index in [1.807, 2.05) is 0 Å². The number of anilines is 1. The maximum absolute atomic E-state index is 12.6. The van der Waals surface area contributed by atoms with Crippen LogP contribution in [0.25, 0.3) is 0 Å². The fraction of sp³-hybridized carbons (Fsp3) is 0.500. The fourth-order valence-electron chi connectivity index (χ4n) is 1.38. The molecule has 3 nitrogen and oxygen atoms in total. The molecule has 0 saturated carbocycles. The third-order valence-electron chi connectivity index (χ3n) is 2.34. The average molecular weight is 342 g/mol. The van der Waals surface area contributed by atoms with Gasteiger partial charge in [0.15, 0.2) is 0 Å². The van der Waals surface area contributed by atoms with Crippen molar-refractivity contribution in [3.8, 4) is 0 Å². The molecule has 19 heavy (non-hydrogen) atoms. The third kappa shape index (κ3) is 5.38. The molecule has 0 aliphatic carbocycles. The van der Waals surface area contributed by atoms with Gasteiger partial charge in [0.05, 0.1) is 18.3 Å². The summed E-state index contributed by atoms with van der Waals surface area (Å²) in [6.45, 7) is 2.52. The molecule has 0 bridgehead atoms. The lowest BCUT2D eigenvalue weighted by molar-refractivity contribution is -0.137. The van der Waals surface area contributed by atoms with Crippen molar-refractivity contribution in [1.29, 1.82) is 0 Å². The summed E-state index contributed by atoms with van der Waals surface area (Å²) in [5, 5.41) is 12.3. The fourth-order valence-corrected chi connectivity index (χ4v) is 1.76. The highest BCUT2D eigenvalue weighted by Crippen LogP contribution is 2.33. The minimum Gasteiger partial charge on any atom is -0.389 e. The number of benzene rings is 1. The molecule has 0 amide bonds. The Hall–Kier alpha value is -0.790. The van der Waals surface area contributed by atoms with Crippen molar-refractivity contribution in [3.63, 3.8) is 0 Å². The molecule has 1 atom stereocenters. The standard InChI is InChI=1S/C12H15BrF3NO2/c1-2-19-7-9(18)6-17-11-5-8(12(14,15)16)3-4-10(11)13/h3-5,9,17-18H,2,6-7H2,1H3. The van der Waals surface area contributed by atoms with E-state index < -0.39 is 17.8 Å². The number of halogens is 4. The van der Waals surface area contributed by atoms with Gasteiger partial charge < -0.3 is 15.2 Å². The van der Waals surface area contributed by atoms with Gasteiger partial charge in [-0.3, -0.25) is 0 Å². The van der Waals surface area contributed by atoms with Gasteiger partial charge in [-0.25, -0.2) is 0 Å². The number of ether oxygens (including phenoxy) is 1. The summed E-state index contributed by atoms with van der Waals surface area (Å²) in [7, 11) is 0. The molecule has 2 N–H and O–H groups in total. The van der Waals surface area contributed by atoms with E-state index in [9.17, 15) is 18.3 Å². The van der Waals surface area contributed by atoms with E-state index >= 15 is 0 Å². The van der Waals surface area contributed by atoms with Crippen LogP contribution in [-0.4, -0.2) is 31.0 Å². The number of rotatable bonds is 6. The molecule has 1 unspecified atom stereocenters. The molecule has 1 rings (SSSR count). The summed E-state index contributed by atoms with van der Waals surface area (Å²) >= 11 is 3.16. The minimum atomic E-state index is -4.39. The average Bonchev–Trinajstić information content (AvgIpc) is 2.33. The zero-order valence-corrected chi connectivity index (χ0v) is 11.9. The van der Waals surface area contributed by atoms with Gasteiger partial charge in [-0.1, -0.05) is 0 Å². The lowest BCUT2D eigenvalue weighted by Crippen LogP contribution is -2.25. The summed E-state index contributed by atoms with van der Waals surface area (Å²) in [6, 6.07) is 3.31. The molecule has 0 aliphatic rings. The highest BCUT2D eigenvalue weighted by atomic mass is 79.9. The molecular formula is C12H15BrF3NO2. The van der Waals surface area contributed by atoms with Crippen LogP contribution < -0.4 is 5.32 Å². The molecule has 7 heteroatoms. The summed E-state index contributed by atoms with van der Waals surface area (Å²) < 4.78 is 43.2. The second-order valence-electron chi connectivity index (χ2n) is 3.89. The lowest BCUT2D eigenvalue weighted by Gasteiger charge is -2.15. The number of aliphatic hydroxyl groups is 1. The van der Waals surface area contributed by atoms with Crippen LogP contribution >= 0.6 is 15.9 Å². The largest absolute Gasteiger partial charge is 0.416 e. The SMILES string of the molecule is CCOCC(O)CNc1cc(C(F)(F)F)ccc1Br. The van der Waals surface area contributed by atoms with E-state index in [0.717, 1.165) is 12.1 Å². The van der Waals surface area contributed by atoms with E-state index in [2.05, 4.69) is 21.2 Å². The van der Waals surface area contributed by atoms with Crippen molar-refractivity contribution in [3.05, 3.63) is 28.2 Å². The summed E-state index contributed by atoms with van der Waals surface area (Å²) in [5.74, 6) is 0. The highest BCUT2D eigenvalue weighted by Gasteiger charge is 2.30. The van der Waals surface area contributed by atoms with E-state index in [1.165, 1.54) is 6.07 Å². The van der Waals surface area contributed by atoms with Crippen LogP contribution in [-0.2, 0) is 10.9 Å². The Morgan fingerprint density at radius 1 is 1.42 bits per heavy atom. The second kappa shape index (κ2) is 7.12. The zero-order valence-electron chi connectivity index (χ0n) is 10.3. The first-order chi connectivity index (χ1) is 8.84. The Kier molecular flexibility index (Phi) is 6.09. The molecular weight excluding hydrogens is 327 g/mol. The quantitative estimate of drug-likeness (QED) is 0.834. The Balaban J connectivity index is 2.67. The van der Waals surface area contributed by atoms with Gasteiger partial charge in [-0.15, -0.1) is 0 Å². The highest BCUT2D eigenvalue weighted by molar-refractivity contribution is 9.10. The summed E-state index contributed by atoms with van der Waals surface area (Å²) in [4.78, 5) is 0. The number of hydrogen-bond acceptors (Lipinski definition) is 3. The van der Waals surface area contributed by atoms with Crippen molar-refractivity contribution in [1.82, 2.24) is 0 Å². The Morgan fingerprint density at radius 2 is 2.11 bits per heavy atom. The normalized spacial score (nSPS) is 13.4. The third-order valence-corrected chi connectivity index (χ3v) is 3.03. The van der Waals surface area contributed by atoms with Gasteiger partial charge in [0.1, 0.15) is 0 Å². The van der Waals surface area contributed by atoms with Crippen molar-refractivity contribution < 1.29 is 23.0 Å². The zero-order chi connectivity index (χ0) is 14.5. The molecule has 0 aromatic heterocycles. The molecule has 108 valence electrons. The number of hydrogen-bond donors (Lipinski definition) is 2. The van der Waals surface area contributed by atoms with Crippen molar-refractivity contribution >= 4 is 21.6 Å². The van der Waals surface area contributed by atoms with Gasteiger partial charge in [-0.2, -0.15) is 13.2 Å². The number of alkyl halides is 3. The maximum Gasteiger partial charge on any atom is 0.416 e. The monoisotopic (exact) mass is 341 g/mol. The van der Waals surface area contributed by atoms with Gasteiger partial charge in [0, 0.05) is 23.3 Å². The van der Waals surface area contributed by atoms with Gasteiger partial charge in [-0.05, 0) is 41.1 Å². The molecule has 0 saturated heterocycles. The maximum atomic E-state index is 12.6. The molecule has 1 aromatic rings. The van der Waals surface area contributed by atoms with Crippen LogP contribution in [0, 0.1) is 0 Å². The summed E-state index contributed by atoms with van der Waals surface area (Å²) in [6.07, 6.45) is -5.16. The van der Waals surface area contributed by atoms with Crippen molar-refractivity contribution in [2.45, 2.75) is 19.2 Å². The van der Waals surface area contributed by atoms with Gasteiger partial charge in [0.25, 0.3) is 0 Å². The Morgan fingerprint density at radius 3 is 2.68 bits per heavy atom. The topological polar surface area (TPSA) is 41.5 Å². The first kappa shape index (κ1) is 16.3. The van der Waals surface area contributed by atoms with Crippen LogP contribution in [0.5, 0.6) is 0 Å². The molecule has 0 heterocycles. The van der Waals surface area contributed by atoms with Crippen LogP contribution in [0.3, 0.4) is 0 Å². The molecule has 0 fully saturated rings. The van der Waals surface area contributed by atoms with E-state index in [4.69, 9.17) is 4.74 Å². The predicted octanol–water partition coefficient (Wildman–Crippen LogP) is 3.28. The van der Waals surface area contributed by atoms with E-state index in [-0.39, 0.29) is 18.8 Å². The predicted molar refractivity (Wildman–Crippen MR) is 70.1 cm³/mol. The Labute approximate surface area is 117 Å². The Bertz CT molecular complexity index is 412. The molecule has 1 aromatic carbocycles. The molecule has 0 radical (unpaired) electrons. The van der Waals surface area contributed by atoms with Crippen LogP contribution in [0.2, 0.25) is 0 Å². The van der Waals surface area contributed by atoms with Gasteiger partial charge >= 0.3 is 6.18 Å². The van der Waals surface area contributed by atoms with Crippen LogP contribution in [0.1, 0.15) is 12.5 Å². The van der Waals surface area contributed by atoms with Gasteiger partial charge in [0.2, 0.25) is 0 Å². The van der Waals surface area contributed by atoms with E-state index in [1.54, 1.807) is 6.92 Å². The van der Waals surface area contributed by atoms with Crippen molar-refractivity contribution in [2.75, 3.05) is 25.1 Å². The lowest BCUT2D eigenvalue weighted by atomic mass is 10.2. The first-order valence-corrected chi connectivity index (χ1v) is 6.50. The summed E-state index contributed by atoms with van der Waals surface area (Å²) in [5.41, 5.74) is -0.456. The van der Waals surface area contributed by atoms with Crippen LogP contribution in [0.4, 0.5) is 18.9 Å². The molecule has 0 spiro atoms. The first-order valence-electron chi connectivity index (χ1n) is 5.71. The number of aliphatic hydroxyl groups excluding tert-OH is 1. The molecule has 0 aliphatic heterocycles. The smallest absolute Gasteiger partial charge is 0.389 e. The second-order valence-corrected chi connectivity index (χ2v) is 4.74. The van der Waals surface area contributed by atoms with E-state index in [0.29, 0.717) is 11.1 Å². The van der Waals surface area contributed by atoms with Crippen LogP contribution in [0.15, 0.2) is 22.7 Å².